The summed E-state index contributed by atoms with van der Waals surface area (Å²) in [4.78, 5) is 12.4. The van der Waals surface area contributed by atoms with Gasteiger partial charge in [-0.15, -0.1) is 0 Å². The van der Waals surface area contributed by atoms with Crippen LogP contribution < -0.4 is 11.3 Å². The van der Waals surface area contributed by atoms with E-state index in [9.17, 15) is 4.79 Å². The van der Waals surface area contributed by atoms with Gasteiger partial charge in [0.1, 0.15) is 5.69 Å². The summed E-state index contributed by atoms with van der Waals surface area (Å²) in [5.74, 6) is 0. The minimum absolute atomic E-state index is 0.141. The molecule has 2 aromatic rings. The number of para-hydroxylation sites is 1. The van der Waals surface area contributed by atoms with Gasteiger partial charge in [0.25, 0.3) is 5.56 Å². The van der Waals surface area contributed by atoms with Crippen molar-refractivity contribution in [3.63, 3.8) is 0 Å². The van der Waals surface area contributed by atoms with E-state index in [-0.39, 0.29) is 5.56 Å². The van der Waals surface area contributed by atoms with Crippen molar-refractivity contribution >= 4 is 21.6 Å². The number of nitrogens with zero attached hydrogens (tertiary/aromatic N) is 2. The average Bonchev–Trinajstić information content (AvgIpc) is 2.64. The lowest BCUT2D eigenvalue weighted by atomic mass is 10.2. The Hall–Kier alpha value is -1.49. The molecule has 0 bridgehead atoms. The number of hydrogen-bond acceptors (Lipinski definition) is 2. The normalized spacial score (nSPS) is 10.9. The van der Waals surface area contributed by atoms with Crippen molar-refractivity contribution in [3.8, 4) is 5.69 Å². The maximum absolute atomic E-state index is 12.4. The highest BCUT2D eigenvalue weighted by Crippen LogP contribution is 2.22. The third-order valence-corrected chi connectivity index (χ3v) is 3.82. The van der Waals surface area contributed by atoms with Crippen LogP contribution in [0.2, 0.25) is 0 Å². The molecule has 2 rings (SSSR count). The quantitative estimate of drug-likeness (QED) is 0.940. The number of benzene rings is 1. The largest absolute Gasteiger partial charge is 0.393 e. The van der Waals surface area contributed by atoms with E-state index in [1.165, 1.54) is 0 Å². The van der Waals surface area contributed by atoms with E-state index in [0.29, 0.717) is 12.2 Å². The molecule has 0 unspecified atom stereocenters. The summed E-state index contributed by atoms with van der Waals surface area (Å²) >= 11 is 3.49. The van der Waals surface area contributed by atoms with Gasteiger partial charge in [0.05, 0.1) is 11.4 Å². The number of nitrogen functional groups attached to an aromatic ring is 1. The molecule has 0 aliphatic heterocycles. The molecule has 0 radical (unpaired) electrons. The second-order valence-electron chi connectivity index (χ2n) is 4.39. The second kappa shape index (κ2) is 5.65. The molecule has 0 amide bonds. The molecule has 2 N–H and O–H groups in total. The van der Waals surface area contributed by atoms with E-state index < -0.39 is 0 Å². The zero-order valence-electron chi connectivity index (χ0n) is 11.2. The summed E-state index contributed by atoms with van der Waals surface area (Å²) < 4.78 is 4.50. The molecule has 1 aromatic carbocycles. The summed E-state index contributed by atoms with van der Waals surface area (Å²) in [5.41, 5.74) is 7.95. The number of rotatable bonds is 4. The van der Waals surface area contributed by atoms with Gasteiger partial charge in [-0.1, -0.05) is 25.5 Å². The molecule has 19 heavy (non-hydrogen) atoms. The summed E-state index contributed by atoms with van der Waals surface area (Å²) in [7, 11) is 0. The predicted molar refractivity (Wildman–Crippen MR) is 81.8 cm³/mol. The van der Waals surface area contributed by atoms with Crippen LogP contribution in [0, 0.1) is 0 Å². The van der Waals surface area contributed by atoms with Gasteiger partial charge in [-0.3, -0.25) is 9.48 Å². The number of hydrogen-bond donors (Lipinski definition) is 1. The standard InChI is InChI=1S/C14H18BrN3O/c1-3-7-12-13(16)14(19)18(17(12)4-2)11-9-6-5-8-10(11)15/h5-6,8-9H,3-4,7,16H2,1-2H3. The van der Waals surface area contributed by atoms with Gasteiger partial charge >= 0.3 is 0 Å². The van der Waals surface area contributed by atoms with Gasteiger partial charge in [-0.05, 0) is 41.4 Å². The lowest BCUT2D eigenvalue weighted by Gasteiger charge is -2.13. The van der Waals surface area contributed by atoms with Gasteiger partial charge in [0.15, 0.2) is 0 Å². The van der Waals surface area contributed by atoms with E-state index in [1.54, 1.807) is 4.68 Å². The van der Waals surface area contributed by atoms with Crippen molar-refractivity contribution in [3.05, 3.63) is 44.8 Å². The third-order valence-electron chi connectivity index (χ3n) is 3.15. The first kappa shape index (κ1) is 13.9. The van der Waals surface area contributed by atoms with Gasteiger partial charge < -0.3 is 5.73 Å². The van der Waals surface area contributed by atoms with Crippen LogP contribution in [-0.2, 0) is 13.0 Å². The molecule has 1 aromatic heterocycles. The molecule has 0 atom stereocenters. The molecular weight excluding hydrogens is 306 g/mol. The van der Waals surface area contributed by atoms with Crippen LogP contribution in [0.25, 0.3) is 5.69 Å². The Morgan fingerprint density at radius 2 is 1.95 bits per heavy atom. The van der Waals surface area contributed by atoms with Crippen molar-refractivity contribution in [1.82, 2.24) is 9.36 Å². The van der Waals surface area contributed by atoms with Gasteiger partial charge in [0.2, 0.25) is 0 Å². The maximum atomic E-state index is 12.4. The highest BCUT2D eigenvalue weighted by Gasteiger charge is 2.18. The Morgan fingerprint density at radius 1 is 1.26 bits per heavy atom. The van der Waals surface area contributed by atoms with Crippen LogP contribution in [0.5, 0.6) is 0 Å². The fourth-order valence-electron chi connectivity index (χ4n) is 2.30. The fourth-order valence-corrected chi connectivity index (χ4v) is 2.76. The minimum Gasteiger partial charge on any atom is -0.393 e. The van der Waals surface area contributed by atoms with Crippen LogP contribution >= 0.6 is 15.9 Å². The molecule has 1 heterocycles. The van der Waals surface area contributed by atoms with E-state index in [2.05, 4.69) is 22.9 Å². The number of aromatic nitrogens is 2. The van der Waals surface area contributed by atoms with Crippen LogP contribution in [0.15, 0.2) is 33.5 Å². The predicted octanol–water partition coefficient (Wildman–Crippen LogP) is 2.96. The summed E-state index contributed by atoms with van der Waals surface area (Å²) in [6.07, 6.45) is 1.77. The highest BCUT2D eigenvalue weighted by molar-refractivity contribution is 9.10. The van der Waals surface area contributed by atoms with Gasteiger partial charge in [0, 0.05) is 11.0 Å². The number of halogens is 1. The van der Waals surface area contributed by atoms with Crippen molar-refractivity contribution in [2.75, 3.05) is 5.73 Å². The molecule has 4 nitrogen and oxygen atoms in total. The highest BCUT2D eigenvalue weighted by atomic mass is 79.9. The Kier molecular flexibility index (Phi) is 4.14. The zero-order chi connectivity index (χ0) is 14.0. The first-order valence-corrected chi connectivity index (χ1v) is 7.26. The molecule has 0 aliphatic carbocycles. The maximum Gasteiger partial charge on any atom is 0.294 e. The molecule has 0 aliphatic rings. The Labute approximate surface area is 120 Å². The van der Waals surface area contributed by atoms with Crippen molar-refractivity contribution in [2.45, 2.75) is 33.2 Å². The minimum atomic E-state index is -0.141. The fraction of sp³-hybridized carbons (Fsp3) is 0.357. The first-order chi connectivity index (χ1) is 9.11. The average molecular weight is 324 g/mol. The summed E-state index contributed by atoms with van der Waals surface area (Å²) in [6.45, 7) is 4.81. The molecule has 0 fully saturated rings. The number of anilines is 1. The molecule has 102 valence electrons. The van der Waals surface area contributed by atoms with Crippen LogP contribution in [0.1, 0.15) is 26.0 Å². The smallest absolute Gasteiger partial charge is 0.294 e. The van der Waals surface area contributed by atoms with Crippen molar-refractivity contribution in [1.29, 1.82) is 0 Å². The van der Waals surface area contributed by atoms with Crippen LogP contribution in [-0.4, -0.2) is 9.36 Å². The lowest BCUT2D eigenvalue weighted by Crippen LogP contribution is -2.22. The summed E-state index contributed by atoms with van der Waals surface area (Å²) in [5, 5.41) is 0. The van der Waals surface area contributed by atoms with Crippen molar-refractivity contribution < 1.29 is 0 Å². The van der Waals surface area contributed by atoms with Crippen LogP contribution in [0.4, 0.5) is 5.69 Å². The lowest BCUT2D eigenvalue weighted by molar-refractivity contribution is 0.544. The van der Waals surface area contributed by atoms with Gasteiger partial charge in [-0.2, -0.15) is 0 Å². The van der Waals surface area contributed by atoms with E-state index in [4.69, 9.17) is 5.73 Å². The molecule has 0 saturated carbocycles. The van der Waals surface area contributed by atoms with E-state index in [1.807, 2.05) is 35.9 Å². The topological polar surface area (TPSA) is 53.0 Å². The third kappa shape index (κ3) is 2.34. The van der Waals surface area contributed by atoms with E-state index in [0.717, 1.165) is 28.7 Å². The van der Waals surface area contributed by atoms with Crippen molar-refractivity contribution in [2.24, 2.45) is 0 Å². The van der Waals surface area contributed by atoms with Gasteiger partial charge in [-0.25, -0.2) is 4.68 Å². The Balaban J connectivity index is 2.74. The van der Waals surface area contributed by atoms with E-state index >= 15 is 0 Å². The van der Waals surface area contributed by atoms with Crippen LogP contribution in [0.3, 0.4) is 0 Å². The Bertz CT molecular complexity index is 643. The summed E-state index contributed by atoms with van der Waals surface area (Å²) in [6, 6.07) is 7.67. The zero-order valence-corrected chi connectivity index (χ0v) is 12.8. The molecular formula is C14H18BrN3O. The molecule has 0 saturated heterocycles. The monoisotopic (exact) mass is 323 g/mol. The molecule has 0 spiro atoms. The first-order valence-electron chi connectivity index (χ1n) is 6.46. The Morgan fingerprint density at radius 3 is 2.53 bits per heavy atom. The number of nitrogens with two attached hydrogens (primary N) is 1. The molecule has 5 heteroatoms. The second-order valence-corrected chi connectivity index (χ2v) is 5.25. The SMILES string of the molecule is CCCc1c(N)c(=O)n(-c2ccccc2Br)n1CC.